The summed E-state index contributed by atoms with van der Waals surface area (Å²) < 4.78 is 6.75. The fourth-order valence-electron chi connectivity index (χ4n) is 2.28. The third-order valence-electron chi connectivity index (χ3n) is 3.79. The van der Waals surface area contributed by atoms with Gasteiger partial charge in [-0.05, 0) is 19.1 Å². The zero-order valence-corrected chi connectivity index (χ0v) is 15.7. The number of carbonyl (C=O) groups excluding carboxylic acids is 1. The molecular formula is C19H28N4O2. The molecule has 0 saturated heterocycles. The number of aromatic nitrogens is 2. The second kappa shape index (κ2) is 8.27. The Kier molecular flexibility index (Phi) is 6.33. The van der Waals surface area contributed by atoms with E-state index in [1.165, 1.54) is 5.56 Å². The number of carbonyl (C=O) groups is 1. The Bertz CT molecular complexity index is 699. The summed E-state index contributed by atoms with van der Waals surface area (Å²) in [6.45, 7) is 9.79. The van der Waals surface area contributed by atoms with Crippen LogP contribution in [0.3, 0.4) is 0 Å². The van der Waals surface area contributed by atoms with E-state index in [4.69, 9.17) is 9.84 Å². The number of aryl methyl sites for hydroxylation is 1. The van der Waals surface area contributed by atoms with Crippen molar-refractivity contribution in [2.75, 3.05) is 32.1 Å². The van der Waals surface area contributed by atoms with Crippen molar-refractivity contribution in [3.05, 3.63) is 41.6 Å². The third-order valence-corrected chi connectivity index (χ3v) is 3.79. The lowest BCUT2D eigenvalue weighted by molar-refractivity contribution is -0.115. The summed E-state index contributed by atoms with van der Waals surface area (Å²) in [5, 5.41) is 10.7. The minimum absolute atomic E-state index is 0.105. The van der Waals surface area contributed by atoms with Gasteiger partial charge in [-0.15, -0.1) is 0 Å². The Morgan fingerprint density at radius 1 is 1.24 bits per heavy atom. The Balaban J connectivity index is 2.21. The van der Waals surface area contributed by atoms with E-state index in [-0.39, 0.29) is 17.9 Å². The van der Waals surface area contributed by atoms with Crippen LogP contribution in [0.25, 0.3) is 5.69 Å². The van der Waals surface area contributed by atoms with Gasteiger partial charge in [-0.25, -0.2) is 4.68 Å². The van der Waals surface area contributed by atoms with Crippen LogP contribution in [0, 0.1) is 6.92 Å². The molecule has 136 valence electrons. The molecule has 0 aliphatic heterocycles. The molecule has 0 atom stereocenters. The van der Waals surface area contributed by atoms with Crippen molar-refractivity contribution in [1.82, 2.24) is 15.1 Å². The molecule has 1 aromatic heterocycles. The molecule has 0 saturated carbocycles. The van der Waals surface area contributed by atoms with Crippen LogP contribution in [-0.4, -0.2) is 42.5 Å². The van der Waals surface area contributed by atoms with Crippen LogP contribution < -0.4 is 10.6 Å². The average Bonchev–Trinajstić information content (AvgIpc) is 2.96. The molecule has 2 aromatic rings. The Labute approximate surface area is 149 Å². The van der Waals surface area contributed by atoms with Crippen LogP contribution in [0.5, 0.6) is 0 Å². The minimum Gasteiger partial charge on any atom is -0.383 e. The molecule has 0 spiro atoms. The minimum atomic E-state index is -0.107. The first-order valence-electron chi connectivity index (χ1n) is 8.48. The van der Waals surface area contributed by atoms with Gasteiger partial charge in [0, 0.05) is 25.1 Å². The normalized spacial score (nSPS) is 11.6. The lowest BCUT2D eigenvalue weighted by atomic mass is 9.92. The molecule has 0 unspecified atom stereocenters. The predicted molar refractivity (Wildman–Crippen MR) is 100 cm³/mol. The van der Waals surface area contributed by atoms with E-state index in [0.717, 1.165) is 11.4 Å². The maximum Gasteiger partial charge on any atom is 0.239 e. The van der Waals surface area contributed by atoms with Crippen molar-refractivity contribution >= 4 is 11.7 Å². The first-order chi connectivity index (χ1) is 11.8. The van der Waals surface area contributed by atoms with Crippen molar-refractivity contribution in [1.29, 1.82) is 0 Å². The van der Waals surface area contributed by atoms with Gasteiger partial charge in [0.2, 0.25) is 5.91 Å². The summed E-state index contributed by atoms with van der Waals surface area (Å²) >= 11 is 0. The number of ether oxygens (including phenoxy) is 1. The first kappa shape index (κ1) is 19.1. The van der Waals surface area contributed by atoms with Crippen LogP contribution in [-0.2, 0) is 14.9 Å². The molecule has 2 rings (SSSR count). The highest BCUT2D eigenvalue weighted by molar-refractivity contribution is 5.91. The quantitative estimate of drug-likeness (QED) is 0.758. The zero-order valence-electron chi connectivity index (χ0n) is 15.7. The number of methoxy groups -OCH3 is 1. The van der Waals surface area contributed by atoms with Crippen molar-refractivity contribution in [2.45, 2.75) is 33.1 Å². The van der Waals surface area contributed by atoms with Crippen LogP contribution >= 0.6 is 0 Å². The van der Waals surface area contributed by atoms with Crippen LogP contribution in [0.1, 0.15) is 32.0 Å². The van der Waals surface area contributed by atoms with E-state index in [1.807, 2.05) is 37.3 Å². The van der Waals surface area contributed by atoms with E-state index < -0.39 is 0 Å². The topological polar surface area (TPSA) is 68.2 Å². The van der Waals surface area contributed by atoms with E-state index in [2.05, 4.69) is 31.4 Å². The fourth-order valence-corrected chi connectivity index (χ4v) is 2.28. The molecule has 0 bridgehead atoms. The lowest BCUT2D eigenvalue weighted by Gasteiger charge is -2.14. The van der Waals surface area contributed by atoms with Gasteiger partial charge in [0.25, 0.3) is 0 Å². The smallest absolute Gasteiger partial charge is 0.239 e. The molecule has 1 aromatic carbocycles. The van der Waals surface area contributed by atoms with Crippen molar-refractivity contribution < 1.29 is 9.53 Å². The van der Waals surface area contributed by atoms with Crippen molar-refractivity contribution in [2.24, 2.45) is 0 Å². The lowest BCUT2D eigenvalue weighted by Crippen LogP contribution is -2.30. The predicted octanol–water partition coefficient (Wildman–Crippen LogP) is 2.65. The number of anilines is 1. The largest absolute Gasteiger partial charge is 0.383 e. The van der Waals surface area contributed by atoms with Gasteiger partial charge in [-0.3, -0.25) is 4.79 Å². The molecule has 1 amide bonds. The van der Waals surface area contributed by atoms with Gasteiger partial charge >= 0.3 is 0 Å². The summed E-state index contributed by atoms with van der Waals surface area (Å²) in [7, 11) is 1.63. The zero-order chi connectivity index (χ0) is 18.4. The standard InChI is InChI=1S/C19H28N4O2/c1-14-6-8-15(9-7-14)23-17(12-16(22-23)19(2,3)4)21-18(24)13-20-10-11-25-5/h6-9,12,20H,10-11,13H2,1-5H3,(H,21,24). The molecule has 0 radical (unpaired) electrons. The summed E-state index contributed by atoms with van der Waals surface area (Å²) in [6, 6.07) is 10.0. The molecule has 0 aliphatic carbocycles. The third kappa shape index (κ3) is 5.41. The highest BCUT2D eigenvalue weighted by atomic mass is 16.5. The SMILES string of the molecule is COCCNCC(=O)Nc1cc(C(C)(C)C)nn1-c1ccc(C)cc1. The summed E-state index contributed by atoms with van der Waals surface area (Å²) in [5.41, 5.74) is 2.92. The molecule has 6 nitrogen and oxygen atoms in total. The van der Waals surface area contributed by atoms with E-state index in [0.29, 0.717) is 19.0 Å². The van der Waals surface area contributed by atoms with E-state index >= 15 is 0 Å². The van der Waals surface area contributed by atoms with Gasteiger partial charge in [-0.1, -0.05) is 38.5 Å². The summed E-state index contributed by atoms with van der Waals surface area (Å²) in [5.74, 6) is 0.567. The number of amides is 1. The van der Waals surface area contributed by atoms with Crippen LogP contribution in [0.15, 0.2) is 30.3 Å². The molecule has 6 heteroatoms. The number of hydrogen-bond acceptors (Lipinski definition) is 4. The Morgan fingerprint density at radius 3 is 2.52 bits per heavy atom. The van der Waals surface area contributed by atoms with Gasteiger partial charge in [0.05, 0.1) is 24.5 Å². The first-order valence-corrected chi connectivity index (χ1v) is 8.48. The summed E-state index contributed by atoms with van der Waals surface area (Å²) in [6.07, 6.45) is 0. The highest BCUT2D eigenvalue weighted by Gasteiger charge is 2.21. The Hall–Kier alpha value is -2.18. The van der Waals surface area contributed by atoms with Gasteiger partial charge < -0.3 is 15.4 Å². The number of hydrogen-bond donors (Lipinski definition) is 2. The van der Waals surface area contributed by atoms with Crippen LogP contribution in [0.2, 0.25) is 0 Å². The van der Waals surface area contributed by atoms with E-state index in [9.17, 15) is 4.79 Å². The number of nitrogens with one attached hydrogen (secondary N) is 2. The molecule has 1 heterocycles. The van der Waals surface area contributed by atoms with Crippen molar-refractivity contribution in [3.63, 3.8) is 0 Å². The molecular weight excluding hydrogens is 316 g/mol. The maximum absolute atomic E-state index is 12.2. The van der Waals surface area contributed by atoms with Gasteiger partial charge in [0.15, 0.2) is 0 Å². The monoisotopic (exact) mass is 344 g/mol. The number of nitrogens with zero attached hydrogens (tertiary/aromatic N) is 2. The number of benzene rings is 1. The fraction of sp³-hybridized carbons (Fsp3) is 0.474. The highest BCUT2D eigenvalue weighted by Crippen LogP contribution is 2.26. The maximum atomic E-state index is 12.2. The summed E-state index contributed by atoms with van der Waals surface area (Å²) in [4.78, 5) is 12.2. The van der Waals surface area contributed by atoms with Gasteiger partial charge in [0.1, 0.15) is 5.82 Å². The average molecular weight is 344 g/mol. The molecule has 0 aliphatic rings. The van der Waals surface area contributed by atoms with E-state index in [1.54, 1.807) is 11.8 Å². The molecule has 0 fully saturated rings. The Morgan fingerprint density at radius 2 is 1.92 bits per heavy atom. The second-order valence-electron chi connectivity index (χ2n) is 7.13. The van der Waals surface area contributed by atoms with Crippen molar-refractivity contribution in [3.8, 4) is 5.69 Å². The van der Waals surface area contributed by atoms with Crippen LogP contribution in [0.4, 0.5) is 5.82 Å². The number of rotatable bonds is 7. The van der Waals surface area contributed by atoms with Gasteiger partial charge in [-0.2, -0.15) is 5.10 Å². The second-order valence-corrected chi connectivity index (χ2v) is 7.13. The molecule has 2 N–H and O–H groups in total. The molecule has 25 heavy (non-hydrogen) atoms.